The van der Waals surface area contributed by atoms with E-state index in [1.54, 1.807) is 12.1 Å². The van der Waals surface area contributed by atoms with Crippen molar-refractivity contribution in [2.24, 2.45) is 0 Å². The van der Waals surface area contributed by atoms with E-state index in [4.69, 9.17) is 0 Å². The number of piperazine rings is 1. The summed E-state index contributed by atoms with van der Waals surface area (Å²) in [6.45, 7) is 0.272. The second kappa shape index (κ2) is 7.85. The maximum Gasteiger partial charge on any atom is 0.251 e. The van der Waals surface area contributed by atoms with Crippen molar-refractivity contribution in [1.82, 2.24) is 14.9 Å². The van der Waals surface area contributed by atoms with E-state index < -0.39 is 21.7 Å². The van der Waals surface area contributed by atoms with Crippen LogP contribution in [-0.2, 0) is 21.4 Å². The van der Waals surface area contributed by atoms with E-state index in [2.05, 4.69) is 10.6 Å². The Labute approximate surface area is 156 Å². The Kier molecular flexibility index (Phi) is 5.52. The van der Waals surface area contributed by atoms with Crippen LogP contribution < -0.4 is 10.6 Å². The molecule has 142 valence electrons. The Morgan fingerprint density at radius 1 is 1.19 bits per heavy atom. The third kappa shape index (κ3) is 4.50. The highest BCUT2D eigenvalue weighted by molar-refractivity contribution is 7.89. The standard InChI is InChI=1S/C18H18FN3O4S/c19-15-5-1-3-13(9-15)11-21-18(24)14-4-2-6-16(10-14)27(25,26)22-8-7-20-17(23)12-22/h1-6,9-10H,7-8,11-12H2,(H,20,23)(H,21,24). The van der Waals surface area contributed by atoms with Crippen molar-refractivity contribution in [3.63, 3.8) is 0 Å². The molecule has 9 heteroatoms. The Balaban J connectivity index is 1.74. The van der Waals surface area contributed by atoms with Gasteiger partial charge in [-0.25, -0.2) is 12.8 Å². The van der Waals surface area contributed by atoms with Crippen LogP contribution in [0, 0.1) is 5.82 Å². The number of nitrogens with one attached hydrogen (secondary N) is 2. The molecule has 2 N–H and O–H groups in total. The van der Waals surface area contributed by atoms with Crippen LogP contribution in [0.15, 0.2) is 53.4 Å². The average molecular weight is 391 g/mol. The number of carbonyl (C=O) groups excluding carboxylic acids is 2. The van der Waals surface area contributed by atoms with Gasteiger partial charge in [0.1, 0.15) is 5.82 Å². The van der Waals surface area contributed by atoms with E-state index in [-0.39, 0.29) is 42.5 Å². The zero-order valence-electron chi connectivity index (χ0n) is 14.3. The van der Waals surface area contributed by atoms with E-state index in [9.17, 15) is 22.4 Å². The number of carbonyl (C=O) groups is 2. The summed E-state index contributed by atoms with van der Waals surface area (Å²) in [5.74, 6) is -1.25. The molecule has 1 saturated heterocycles. The molecule has 0 unspecified atom stereocenters. The number of sulfonamides is 1. The van der Waals surface area contributed by atoms with Gasteiger partial charge in [0.05, 0.1) is 11.4 Å². The minimum absolute atomic E-state index is 0.0596. The lowest BCUT2D eigenvalue weighted by atomic mass is 10.2. The Morgan fingerprint density at radius 2 is 1.96 bits per heavy atom. The lowest BCUT2D eigenvalue weighted by Gasteiger charge is -2.26. The summed E-state index contributed by atoms with van der Waals surface area (Å²) in [4.78, 5) is 23.7. The fourth-order valence-corrected chi connectivity index (χ4v) is 4.14. The number of benzene rings is 2. The molecule has 0 spiro atoms. The smallest absolute Gasteiger partial charge is 0.251 e. The van der Waals surface area contributed by atoms with Gasteiger partial charge in [-0.3, -0.25) is 9.59 Å². The van der Waals surface area contributed by atoms with E-state index in [1.807, 2.05) is 0 Å². The zero-order valence-corrected chi connectivity index (χ0v) is 15.1. The maximum absolute atomic E-state index is 13.2. The van der Waals surface area contributed by atoms with Crippen LogP contribution in [0.3, 0.4) is 0 Å². The average Bonchev–Trinajstić information content (AvgIpc) is 2.66. The number of hydrogen-bond donors (Lipinski definition) is 2. The molecule has 0 aliphatic carbocycles. The van der Waals surface area contributed by atoms with E-state index in [0.717, 1.165) is 4.31 Å². The minimum Gasteiger partial charge on any atom is -0.354 e. The van der Waals surface area contributed by atoms with Gasteiger partial charge in [0.25, 0.3) is 5.91 Å². The van der Waals surface area contributed by atoms with Crippen molar-refractivity contribution in [2.75, 3.05) is 19.6 Å². The van der Waals surface area contributed by atoms with Gasteiger partial charge in [-0.1, -0.05) is 18.2 Å². The molecule has 0 aromatic heterocycles. The van der Waals surface area contributed by atoms with Gasteiger partial charge in [-0.05, 0) is 35.9 Å². The number of halogens is 1. The Hall–Kier alpha value is -2.78. The largest absolute Gasteiger partial charge is 0.354 e. The summed E-state index contributed by atoms with van der Waals surface area (Å²) in [6, 6.07) is 11.4. The summed E-state index contributed by atoms with van der Waals surface area (Å²) < 4.78 is 39.7. The van der Waals surface area contributed by atoms with Crippen LogP contribution in [0.4, 0.5) is 4.39 Å². The zero-order chi connectivity index (χ0) is 19.4. The van der Waals surface area contributed by atoms with Gasteiger partial charge < -0.3 is 10.6 Å². The minimum atomic E-state index is -3.88. The summed E-state index contributed by atoms with van der Waals surface area (Å²) in [5, 5.41) is 5.20. The summed E-state index contributed by atoms with van der Waals surface area (Å²) in [7, 11) is -3.88. The van der Waals surface area contributed by atoms with E-state index >= 15 is 0 Å². The summed E-state index contributed by atoms with van der Waals surface area (Å²) in [6.07, 6.45) is 0. The molecule has 7 nitrogen and oxygen atoms in total. The van der Waals surface area contributed by atoms with Crippen LogP contribution in [-0.4, -0.2) is 44.2 Å². The normalized spacial score (nSPS) is 15.2. The highest BCUT2D eigenvalue weighted by atomic mass is 32.2. The van der Waals surface area contributed by atoms with Gasteiger partial charge in [-0.2, -0.15) is 4.31 Å². The van der Waals surface area contributed by atoms with Crippen molar-refractivity contribution in [3.8, 4) is 0 Å². The van der Waals surface area contributed by atoms with Crippen molar-refractivity contribution in [3.05, 3.63) is 65.5 Å². The van der Waals surface area contributed by atoms with Crippen molar-refractivity contribution in [1.29, 1.82) is 0 Å². The predicted molar refractivity (Wildman–Crippen MR) is 95.8 cm³/mol. The topological polar surface area (TPSA) is 95.6 Å². The fourth-order valence-electron chi connectivity index (χ4n) is 2.70. The van der Waals surface area contributed by atoms with E-state index in [1.165, 1.54) is 36.4 Å². The third-order valence-corrected chi connectivity index (χ3v) is 5.92. The van der Waals surface area contributed by atoms with Gasteiger partial charge in [0.15, 0.2) is 0 Å². The highest BCUT2D eigenvalue weighted by Crippen LogP contribution is 2.18. The first-order chi connectivity index (χ1) is 12.9. The maximum atomic E-state index is 13.2. The Bertz CT molecular complexity index is 978. The monoisotopic (exact) mass is 391 g/mol. The molecule has 27 heavy (non-hydrogen) atoms. The molecule has 1 heterocycles. The molecule has 1 aliphatic heterocycles. The second-order valence-electron chi connectivity index (χ2n) is 6.03. The molecule has 2 amide bonds. The van der Waals surface area contributed by atoms with Crippen LogP contribution >= 0.6 is 0 Å². The number of hydrogen-bond acceptors (Lipinski definition) is 4. The summed E-state index contributed by atoms with van der Waals surface area (Å²) >= 11 is 0. The van der Waals surface area contributed by atoms with E-state index in [0.29, 0.717) is 5.56 Å². The second-order valence-corrected chi connectivity index (χ2v) is 7.97. The lowest BCUT2D eigenvalue weighted by molar-refractivity contribution is -0.122. The molecule has 0 bridgehead atoms. The Morgan fingerprint density at radius 3 is 2.70 bits per heavy atom. The van der Waals surface area contributed by atoms with Crippen molar-refractivity contribution in [2.45, 2.75) is 11.4 Å². The van der Waals surface area contributed by atoms with Crippen LogP contribution in [0.25, 0.3) is 0 Å². The van der Waals surface area contributed by atoms with Gasteiger partial charge in [-0.15, -0.1) is 0 Å². The lowest BCUT2D eigenvalue weighted by Crippen LogP contribution is -2.49. The van der Waals surface area contributed by atoms with Crippen LogP contribution in [0.1, 0.15) is 15.9 Å². The fraction of sp³-hybridized carbons (Fsp3) is 0.222. The molecule has 2 aromatic rings. The number of amides is 2. The third-order valence-electron chi connectivity index (χ3n) is 4.08. The SMILES string of the molecule is O=C1CN(S(=O)(=O)c2cccc(C(=O)NCc3cccc(F)c3)c2)CCN1. The number of nitrogens with zero attached hydrogens (tertiary/aromatic N) is 1. The molecule has 3 rings (SSSR count). The summed E-state index contributed by atoms with van der Waals surface area (Å²) in [5.41, 5.74) is 0.750. The molecule has 0 radical (unpaired) electrons. The molecule has 1 fully saturated rings. The van der Waals surface area contributed by atoms with Crippen molar-refractivity contribution < 1.29 is 22.4 Å². The highest BCUT2D eigenvalue weighted by Gasteiger charge is 2.29. The molecule has 0 atom stereocenters. The van der Waals surface area contributed by atoms with Gasteiger partial charge in [0, 0.05) is 25.2 Å². The predicted octanol–water partition coefficient (Wildman–Crippen LogP) is 0.876. The first-order valence-corrected chi connectivity index (χ1v) is 9.70. The molecule has 2 aromatic carbocycles. The van der Waals surface area contributed by atoms with Crippen LogP contribution in [0.2, 0.25) is 0 Å². The van der Waals surface area contributed by atoms with Gasteiger partial charge in [0.2, 0.25) is 15.9 Å². The molecule has 0 saturated carbocycles. The first kappa shape index (κ1) is 19.0. The van der Waals surface area contributed by atoms with Crippen molar-refractivity contribution >= 4 is 21.8 Å². The molecule has 1 aliphatic rings. The molecular weight excluding hydrogens is 373 g/mol. The molecular formula is C18H18FN3O4S. The van der Waals surface area contributed by atoms with Gasteiger partial charge >= 0.3 is 0 Å². The van der Waals surface area contributed by atoms with Crippen LogP contribution in [0.5, 0.6) is 0 Å². The quantitative estimate of drug-likeness (QED) is 0.791. The number of rotatable bonds is 5. The first-order valence-electron chi connectivity index (χ1n) is 8.26.